The number of hydrogen-bond donors (Lipinski definition) is 3. The van der Waals surface area contributed by atoms with Crippen LogP contribution in [0.1, 0.15) is 25.7 Å². The summed E-state index contributed by atoms with van der Waals surface area (Å²) in [6.45, 7) is 2.55. The van der Waals surface area contributed by atoms with Gasteiger partial charge in [0.2, 0.25) is 5.91 Å². The third-order valence-electron chi connectivity index (χ3n) is 3.79. The Hall–Kier alpha value is -2.52. The van der Waals surface area contributed by atoms with Crippen LogP contribution in [0.3, 0.4) is 0 Å². The molecule has 2 heterocycles. The molecular formula is C17H21N3O5S. The molecule has 0 saturated carbocycles. The molecule has 8 nitrogen and oxygen atoms in total. The molecule has 1 aliphatic rings. The minimum Gasteiger partial charge on any atom is -0.473 e. The van der Waals surface area contributed by atoms with Gasteiger partial charge in [0.15, 0.2) is 5.13 Å². The highest BCUT2D eigenvalue weighted by Gasteiger charge is 2.14. The molecule has 0 aliphatic carbocycles. The lowest BCUT2D eigenvalue weighted by Crippen LogP contribution is -2.33. The lowest BCUT2D eigenvalue weighted by atomic mass is 10.2. The van der Waals surface area contributed by atoms with Crippen LogP contribution in [0, 0.1) is 0 Å². The first kappa shape index (κ1) is 19.8. The zero-order valence-corrected chi connectivity index (χ0v) is 15.0. The van der Waals surface area contributed by atoms with Crippen molar-refractivity contribution in [2.24, 2.45) is 0 Å². The first-order valence-corrected chi connectivity index (χ1v) is 9.11. The van der Waals surface area contributed by atoms with E-state index < -0.39 is 11.9 Å². The normalized spacial score (nSPS) is 14.8. The van der Waals surface area contributed by atoms with E-state index in [0.29, 0.717) is 11.7 Å². The van der Waals surface area contributed by atoms with Crippen molar-refractivity contribution in [1.29, 1.82) is 0 Å². The Morgan fingerprint density at radius 1 is 1.04 bits per heavy atom. The van der Waals surface area contributed by atoms with Gasteiger partial charge >= 0.3 is 11.9 Å². The molecule has 1 fully saturated rings. The van der Waals surface area contributed by atoms with Crippen molar-refractivity contribution in [3.63, 3.8) is 0 Å². The van der Waals surface area contributed by atoms with Gasteiger partial charge in [0.25, 0.3) is 0 Å². The molecule has 1 saturated heterocycles. The van der Waals surface area contributed by atoms with Crippen molar-refractivity contribution < 1.29 is 24.6 Å². The van der Waals surface area contributed by atoms with Gasteiger partial charge in [-0.2, -0.15) is 0 Å². The third-order valence-corrected chi connectivity index (χ3v) is 4.74. The summed E-state index contributed by atoms with van der Waals surface area (Å²) in [5, 5.41) is 18.4. The number of amides is 1. The van der Waals surface area contributed by atoms with Crippen molar-refractivity contribution >= 4 is 44.5 Å². The van der Waals surface area contributed by atoms with Crippen molar-refractivity contribution in [1.82, 2.24) is 9.88 Å². The summed E-state index contributed by atoms with van der Waals surface area (Å²) in [6, 6.07) is 7.95. The molecule has 1 aromatic heterocycles. The number of hydrogen-bond acceptors (Lipinski definition) is 6. The second-order valence-corrected chi connectivity index (χ2v) is 6.87. The Morgan fingerprint density at radius 2 is 1.65 bits per heavy atom. The fraction of sp³-hybridized carbons (Fsp3) is 0.412. The van der Waals surface area contributed by atoms with Gasteiger partial charge in [0.05, 0.1) is 16.8 Å². The molecule has 0 unspecified atom stereocenters. The molecule has 2 aromatic rings. The summed E-state index contributed by atoms with van der Waals surface area (Å²) in [5.41, 5.74) is 0.947. The van der Waals surface area contributed by atoms with Crippen LogP contribution >= 0.6 is 11.3 Å². The van der Waals surface area contributed by atoms with Crippen LogP contribution in [-0.4, -0.2) is 57.6 Å². The number of fused-ring (bicyclic) bond motifs is 1. The number of carboxylic acid groups (broad SMARTS) is 2. The molecule has 3 N–H and O–H groups in total. The molecule has 26 heavy (non-hydrogen) atoms. The topological polar surface area (TPSA) is 120 Å². The van der Waals surface area contributed by atoms with E-state index in [2.05, 4.69) is 15.2 Å². The summed E-state index contributed by atoms with van der Waals surface area (Å²) >= 11 is 1.53. The maximum atomic E-state index is 12.1. The smallest absolute Gasteiger partial charge is 0.414 e. The minimum absolute atomic E-state index is 0.0472. The maximum Gasteiger partial charge on any atom is 0.414 e. The monoisotopic (exact) mass is 379 g/mol. The number of carboxylic acids is 2. The molecule has 9 heteroatoms. The summed E-state index contributed by atoms with van der Waals surface area (Å²) in [4.78, 5) is 37.0. The standard InChI is InChI=1S/C15H19N3OS.C2H2O4/c19-14(11-18-9-5-1-2-6-10-18)17-15-16-12-7-3-4-8-13(12)20-15;3-1(4)2(5)6/h3-4,7-8H,1-2,5-6,9-11H2,(H,16,17,19);(H,3,4)(H,5,6). The highest BCUT2D eigenvalue weighted by atomic mass is 32.1. The quantitative estimate of drug-likeness (QED) is 0.700. The third kappa shape index (κ3) is 6.41. The van der Waals surface area contributed by atoms with E-state index >= 15 is 0 Å². The maximum absolute atomic E-state index is 12.1. The number of carbonyl (C=O) groups is 3. The summed E-state index contributed by atoms with van der Waals surface area (Å²) in [7, 11) is 0. The van der Waals surface area contributed by atoms with Gasteiger partial charge < -0.3 is 15.5 Å². The molecule has 1 aromatic carbocycles. The molecule has 0 radical (unpaired) electrons. The molecule has 1 amide bonds. The fourth-order valence-electron chi connectivity index (χ4n) is 2.58. The highest BCUT2D eigenvalue weighted by molar-refractivity contribution is 7.22. The zero-order chi connectivity index (χ0) is 18.9. The van der Waals surface area contributed by atoms with Gasteiger partial charge in [-0.05, 0) is 38.1 Å². The molecular weight excluding hydrogens is 358 g/mol. The van der Waals surface area contributed by atoms with Crippen molar-refractivity contribution in [3.05, 3.63) is 24.3 Å². The number of carbonyl (C=O) groups excluding carboxylic acids is 1. The molecule has 140 valence electrons. The van der Waals surface area contributed by atoms with Crippen molar-refractivity contribution in [3.8, 4) is 0 Å². The van der Waals surface area contributed by atoms with Crippen molar-refractivity contribution in [2.75, 3.05) is 25.0 Å². The van der Waals surface area contributed by atoms with E-state index in [0.717, 1.165) is 23.3 Å². The lowest BCUT2D eigenvalue weighted by molar-refractivity contribution is -0.159. The average molecular weight is 379 g/mol. The van der Waals surface area contributed by atoms with Crippen molar-refractivity contribution in [2.45, 2.75) is 25.7 Å². The predicted molar refractivity (Wildman–Crippen MR) is 98.4 cm³/mol. The van der Waals surface area contributed by atoms with Gasteiger partial charge in [0.1, 0.15) is 0 Å². The molecule has 0 spiro atoms. The number of rotatable bonds is 3. The molecule has 0 bridgehead atoms. The van der Waals surface area contributed by atoms with E-state index in [1.165, 1.54) is 37.0 Å². The number of benzene rings is 1. The number of nitrogens with one attached hydrogen (secondary N) is 1. The Morgan fingerprint density at radius 3 is 2.23 bits per heavy atom. The first-order chi connectivity index (χ1) is 12.5. The number of aliphatic carboxylic acids is 2. The molecule has 0 atom stereocenters. The van der Waals surface area contributed by atoms with Gasteiger partial charge in [0, 0.05) is 0 Å². The van der Waals surface area contributed by atoms with Gasteiger partial charge in [-0.15, -0.1) is 0 Å². The van der Waals surface area contributed by atoms with E-state index in [9.17, 15) is 4.79 Å². The largest absolute Gasteiger partial charge is 0.473 e. The second-order valence-electron chi connectivity index (χ2n) is 5.84. The van der Waals surface area contributed by atoms with E-state index in [4.69, 9.17) is 19.8 Å². The molecule has 3 rings (SSSR count). The number of nitrogens with zero attached hydrogens (tertiary/aromatic N) is 2. The lowest BCUT2D eigenvalue weighted by Gasteiger charge is -2.18. The van der Waals surface area contributed by atoms with Crippen LogP contribution in [0.25, 0.3) is 10.2 Å². The number of thiazole rings is 1. The Kier molecular flexibility index (Phi) is 7.49. The van der Waals surface area contributed by atoms with E-state index in [1.807, 2.05) is 24.3 Å². The van der Waals surface area contributed by atoms with Crippen LogP contribution < -0.4 is 5.32 Å². The summed E-state index contributed by atoms with van der Waals surface area (Å²) < 4.78 is 1.11. The Bertz CT molecular complexity index is 724. The first-order valence-electron chi connectivity index (χ1n) is 8.29. The predicted octanol–water partition coefficient (Wildman–Crippen LogP) is 2.27. The van der Waals surface area contributed by atoms with Crippen LogP contribution in [0.15, 0.2) is 24.3 Å². The van der Waals surface area contributed by atoms with E-state index in [-0.39, 0.29) is 5.91 Å². The Labute approximate surface area is 154 Å². The van der Waals surface area contributed by atoms with Crippen LogP contribution in [-0.2, 0) is 14.4 Å². The number of anilines is 1. The van der Waals surface area contributed by atoms with Crippen LogP contribution in [0.4, 0.5) is 5.13 Å². The minimum atomic E-state index is -1.82. The van der Waals surface area contributed by atoms with Crippen LogP contribution in [0.5, 0.6) is 0 Å². The highest BCUT2D eigenvalue weighted by Crippen LogP contribution is 2.25. The van der Waals surface area contributed by atoms with Gasteiger partial charge in [-0.25, -0.2) is 14.6 Å². The Balaban J connectivity index is 0.000000352. The summed E-state index contributed by atoms with van der Waals surface area (Å²) in [5.74, 6) is -3.60. The van der Waals surface area contributed by atoms with Gasteiger partial charge in [-0.3, -0.25) is 9.69 Å². The summed E-state index contributed by atoms with van der Waals surface area (Å²) in [6.07, 6.45) is 4.98. The van der Waals surface area contributed by atoms with Gasteiger partial charge in [-0.1, -0.05) is 36.3 Å². The molecule has 1 aliphatic heterocycles. The number of aromatic nitrogens is 1. The second kappa shape index (κ2) is 9.83. The SMILES string of the molecule is O=C(CN1CCCCCC1)Nc1nc2ccccc2s1.O=C(O)C(=O)O. The fourth-order valence-corrected chi connectivity index (χ4v) is 3.46. The number of para-hydroxylation sites is 1. The zero-order valence-electron chi connectivity index (χ0n) is 14.2. The average Bonchev–Trinajstić information content (AvgIpc) is 2.82. The number of likely N-dealkylation sites (tertiary alicyclic amines) is 1. The van der Waals surface area contributed by atoms with E-state index in [1.54, 1.807) is 0 Å². The van der Waals surface area contributed by atoms with Crippen LogP contribution in [0.2, 0.25) is 0 Å².